The number of hydrogen-bond acceptors (Lipinski definition) is 4. The van der Waals surface area contributed by atoms with Gasteiger partial charge in [0.25, 0.3) is 0 Å². The first-order chi connectivity index (χ1) is 10.8. The zero-order valence-electron chi connectivity index (χ0n) is 13.7. The number of rotatable bonds is 3. The van der Waals surface area contributed by atoms with Gasteiger partial charge in [0.1, 0.15) is 17.1 Å². The summed E-state index contributed by atoms with van der Waals surface area (Å²) in [4.78, 5) is 4.42. The van der Waals surface area contributed by atoms with Crippen molar-refractivity contribution in [2.24, 2.45) is 0 Å². The molecule has 2 aromatic rings. The van der Waals surface area contributed by atoms with Crippen LogP contribution in [0.3, 0.4) is 0 Å². The molecule has 1 aromatic carbocycles. The van der Waals surface area contributed by atoms with Crippen LogP contribution in [0, 0.1) is 11.8 Å². The summed E-state index contributed by atoms with van der Waals surface area (Å²) in [6.07, 6.45) is 0. The fraction of sp³-hybridized carbons (Fsp3) is 0.211. The summed E-state index contributed by atoms with van der Waals surface area (Å²) in [7, 11) is 0. The molecule has 1 aromatic heterocycles. The van der Waals surface area contributed by atoms with Crippen LogP contribution in [-0.2, 0) is 4.74 Å². The molecule has 0 aliphatic heterocycles. The quantitative estimate of drug-likeness (QED) is 0.515. The number of nitrogens with two attached hydrogens (primary N) is 1. The van der Waals surface area contributed by atoms with E-state index in [4.69, 9.17) is 10.5 Å². The molecule has 4 heteroatoms. The van der Waals surface area contributed by atoms with Crippen molar-refractivity contribution in [3.63, 3.8) is 0 Å². The number of nitrogens with one attached hydrogen (secondary N) is 1. The molecule has 0 amide bonds. The Hall–Kier alpha value is -2.93. The first kappa shape index (κ1) is 16.4. The van der Waals surface area contributed by atoms with E-state index >= 15 is 0 Å². The molecule has 0 radical (unpaired) electrons. The molecule has 2 rings (SSSR count). The summed E-state index contributed by atoms with van der Waals surface area (Å²) in [5.74, 6) is 7.16. The van der Waals surface area contributed by atoms with Crippen LogP contribution in [0.4, 0.5) is 11.5 Å². The van der Waals surface area contributed by atoms with Crippen LogP contribution >= 0.6 is 0 Å². The number of benzene rings is 1. The van der Waals surface area contributed by atoms with Gasteiger partial charge >= 0.3 is 0 Å². The minimum absolute atomic E-state index is 0.311. The van der Waals surface area contributed by atoms with Crippen LogP contribution in [0.25, 0.3) is 0 Å². The predicted octanol–water partition coefficient (Wildman–Crippen LogP) is 3.76. The highest BCUT2D eigenvalue weighted by molar-refractivity contribution is 5.50. The first-order valence-electron chi connectivity index (χ1n) is 7.31. The van der Waals surface area contributed by atoms with E-state index in [1.807, 2.05) is 63.2 Å². The average Bonchev–Trinajstić information content (AvgIpc) is 2.43. The maximum atomic E-state index is 5.74. The number of ether oxygens (including phenoxy) is 1. The van der Waals surface area contributed by atoms with Gasteiger partial charge < -0.3 is 15.8 Å². The normalized spacial score (nSPS) is 10.4. The van der Waals surface area contributed by atoms with Crippen molar-refractivity contribution in [3.05, 3.63) is 66.2 Å². The molecule has 0 saturated heterocycles. The van der Waals surface area contributed by atoms with E-state index in [-0.39, 0.29) is 5.60 Å². The Kier molecular flexibility index (Phi) is 4.92. The van der Waals surface area contributed by atoms with E-state index in [9.17, 15) is 0 Å². The largest absolute Gasteiger partial charge is 0.474 e. The second kappa shape index (κ2) is 6.89. The highest BCUT2D eigenvalue weighted by atomic mass is 16.5. The third-order valence-electron chi connectivity index (χ3n) is 2.67. The Morgan fingerprint density at radius 1 is 1.17 bits per heavy atom. The molecule has 0 saturated carbocycles. The van der Waals surface area contributed by atoms with Crippen molar-refractivity contribution in [3.8, 4) is 11.8 Å². The molecule has 0 spiro atoms. The van der Waals surface area contributed by atoms with Gasteiger partial charge in [-0.05, 0) is 63.6 Å². The highest BCUT2D eigenvalue weighted by Gasteiger charge is 2.12. The minimum Gasteiger partial charge on any atom is -0.474 e. The predicted molar refractivity (Wildman–Crippen MR) is 94.7 cm³/mol. The van der Waals surface area contributed by atoms with Crippen molar-refractivity contribution >= 4 is 11.5 Å². The third kappa shape index (κ3) is 5.76. The molecular formula is C19H21N3O. The van der Waals surface area contributed by atoms with Crippen LogP contribution in [0.5, 0.6) is 0 Å². The average molecular weight is 307 g/mol. The molecule has 0 fully saturated rings. The monoisotopic (exact) mass is 307 g/mol. The second-order valence-electron chi connectivity index (χ2n) is 6.05. The van der Waals surface area contributed by atoms with Crippen LogP contribution < -0.4 is 11.1 Å². The van der Waals surface area contributed by atoms with Gasteiger partial charge in [0, 0.05) is 11.3 Å². The van der Waals surface area contributed by atoms with Crippen LogP contribution in [0.2, 0.25) is 0 Å². The molecule has 0 unspecified atom stereocenters. The summed E-state index contributed by atoms with van der Waals surface area (Å²) < 4.78 is 5.63. The molecule has 0 aliphatic rings. The van der Waals surface area contributed by atoms with Gasteiger partial charge in [-0.15, -0.1) is 0 Å². The van der Waals surface area contributed by atoms with Gasteiger partial charge in [-0.3, -0.25) is 0 Å². The molecule has 4 nitrogen and oxygen atoms in total. The Morgan fingerprint density at radius 3 is 2.61 bits per heavy atom. The highest BCUT2D eigenvalue weighted by Crippen LogP contribution is 2.14. The van der Waals surface area contributed by atoms with Crippen LogP contribution in [0.1, 0.15) is 32.0 Å². The topological polar surface area (TPSA) is 60.2 Å². The van der Waals surface area contributed by atoms with Gasteiger partial charge in [0.05, 0.1) is 0 Å². The molecule has 0 aliphatic carbocycles. The number of aromatic nitrogens is 1. The number of pyridine rings is 1. The molecule has 1 heterocycles. The molecule has 3 N–H and O–H groups in total. The van der Waals surface area contributed by atoms with Gasteiger partial charge in [-0.25, -0.2) is 4.98 Å². The first-order valence-corrected chi connectivity index (χ1v) is 7.31. The number of nitrogen functional groups attached to an aromatic ring is 1. The van der Waals surface area contributed by atoms with E-state index in [0.29, 0.717) is 23.1 Å². The summed E-state index contributed by atoms with van der Waals surface area (Å²) in [5.41, 5.74) is 7.63. The smallest absolute Gasteiger partial charge is 0.185 e. The lowest BCUT2D eigenvalue weighted by molar-refractivity contribution is 0.0564. The number of hydrogen-bond donors (Lipinski definition) is 2. The maximum absolute atomic E-state index is 5.74. The van der Waals surface area contributed by atoms with Crippen LogP contribution in [-0.4, -0.2) is 10.6 Å². The summed E-state index contributed by atoms with van der Waals surface area (Å²) in [6, 6.07) is 13.0. The fourth-order valence-corrected chi connectivity index (χ4v) is 1.86. The number of anilines is 2. The van der Waals surface area contributed by atoms with E-state index in [2.05, 4.69) is 28.7 Å². The minimum atomic E-state index is -0.311. The second-order valence-corrected chi connectivity index (χ2v) is 6.05. The molecule has 0 atom stereocenters. The number of nitrogens with zero attached hydrogens (tertiary/aromatic N) is 1. The molecule has 118 valence electrons. The summed E-state index contributed by atoms with van der Waals surface area (Å²) in [6.45, 7) is 9.72. The van der Waals surface area contributed by atoms with Gasteiger partial charge in [0.15, 0.2) is 5.88 Å². The molecule has 0 bridgehead atoms. The molecule has 23 heavy (non-hydrogen) atoms. The van der Waals surface area contributed by atoms with Gasteiger partial charge in [-0.2, -0.15) is 0 Å². The standard InChI is InChI=1S/C19H21N3O/c1-14(23-19(2,3)4)21-18-10-6-9-17(22-18)12-11-15-7-5-8-16(20)13-15/h5-10,13H,1,20H2,2-4H3,(H,21,22). The Balaban J connectivity index is 2.10. The third-order valence-corrected chi connectivity index (χ3v) is 2.67. The Labute approximate surface area is 137 Å². The summed E-state index contributed by atoms with van der Waals surface area (Å²) in [5, 5.41) is 3.03. The van der Waals surface area contributed by atoms with Crippen molar-refractivity contribution in [1.29, 1.82) is 0 Å². The Morgan fingerprint density at radius 2 is 1.91 bits per heavy atom. The lowest BCUT2D eigenvalue weighted by atomic mass is 10.2. The van der Waals surface area contributed by atoms with Crippen molar-refractivity contribution in [1.82, 2.24) is 4.98 Å². The van der Waals surface area contributed by atoms with Gasteiger partial charge in [0.2, 0.25) is 0 Å². The van der Waals surface area contributed by atoms with Crippen LogP contribution in [0.15, 0.2) is 54.9 Å². The van der Waals surface area contributed by atoms with Crippen molar-refractivity contribution in [2.75, 3.05) is 11.1 Å². The van der Waals surface area contributed by atoms with E-state index in [1.165, 1.54) is 0 Å². The van der Waals surface area contributed by atoms with Gasteiger partial charge in [-0.1, -0.05) is 18.1 Å². The zero-order valence-corrected chi connectivity index (χ0v) is 13.7. The maximum Gasteiger partial charge on any atom is 0.185 e. The SMILES string of the molecule is C=C(Nc1cccc(C#Cc2cccc(N)c2)n1)OC(C)(C)C. The molecular weight excluding hydrogens is 286 g/mol. The fourth-order valence-electron chi connectivity index (χ4n) is 1.86. The lowest BCUT2D eigenvalue weighted by Crippen LogP contribution is -2.21. The van der Waals surface area contributed by atoms with E-state index in [1.54, 1.807) is 0 Å². The van der Waals surface area contributed by atoms with E-state index < -0.39 is 0 Å². The van der Waals surface area contributed by atoms with Crippen molar-refractivity contribution < 1.29 is 4.74 Å². The van der Waals surface area contributed by atoms with Crippen molar-refractivity contribution in [2.45, 2.75) is 26.4 Å². The summed E-state index contributed by atoms with van der Waals surface area (Å²) >= 11 is 0. The van der Waals surface area contributed by atoms with E-state index in [0.717, 1.165) is 5.56 Å². The lowest BCUT2D eigenvalue weighted by Gasteiger charge is -2.23. The Bertz CT molecular complexity index is 764. The zero-order chi connectivity index (χ0) is 16.9.